The highest BCUT2D eigenvalue weighted by atomic mass is 16.5. The lowest BCUT2D eigenvalue weighted by Crippen LogP contribution is -2.39. The highest BCUT2D eigenvalue weighted by Crippen LogP contribution is 2.37. The van der Waals surface area contributed by atoms with Crippen molar-refractivity contribution < 1.29 is 4.74 Å². The van der Waals surface area contributed by atoms with Gasteiger partial charge in [0, 0.05) is 5.54 Å². The van der Waals surface area contributed by atoms with E-state index < -0.39 is 0 Å². The quantitative estimate of drug-likeness (QED) is 0.829. The average molecular weight is 219 g/mol. The molecule has 2 heteroatoms. The molecule has 0 saturated heterocycles. The molecule has 16 heavy (non-hydrogen) atoms. The van der Waals surface area contributed by atoms with Crippen LogP contribution in [0.25, 0.3) is 0 Å². The number of hydrogen-bond acceptors (Lipinski definition) is 2. The van der Waals surface area contributed by atoms with Crippen molar-refractivity contribution in [3.8, 4) is 5.75 Å². The molecule has 0 radical (unpaired) electrons. The number of aryl methyl sites for hydroxylation is 1. The third-order valence-corrected chi connectivity index (χ3v) is 3.72. The Morgan fingerprint density at radius 1 is 1.19 bits per heavy atom. The van der Waals surface area contributed by atoms with E-state index in [1.54, 1.807) is 7.11 Å². The number of nitrogens with two attached hydrogens (primary N) is 1. The first kappa shape index (κ1) is 11.5. The highest BCUT2D eigenvalue weighted by Gasteiger charge is 2.30. The summed E-state index contributed by atoms with van der Waals surface area (Å²) in [6.07, 6.45) is 6.05. The van der Waals surface area contributed by atoms with Crippen LogP contribution in [-0.4, -0.2) is 7.11 Å². The maximum atomic E-state index is 6.53. The largest absolute Gasteiger partial charge is 0.497 e. The Bertz CT molecular complexity index is 367. The van der Waals surface area contributed by atoms with Gasteiger partial charge in [-0.25, -0.2) is 0 Å². The van der Waals surface area contributed by atoms with Crippen LogP contribution in [0.2, 0.25) is 0 Å². The SMILES string of the molecule is COc1ccc(C2(N)CCCCC2)c(C)c1. The smallest absolute Gasteiger partial charge is 0.119 e. The lowest BCUT2D eigenvalue weighted by molar-refractivity contribution is 0.300. The van der Waals surface area contributed by atoms with Gasteiger partial charge in [0.15, 0.2) is 0 Å². The van der Waals surface area contributed by atoms with Gasteiger partial charge >= 0.3 is 0 Å². The van der Waals surface area contributed by atoms with Gasteiger partial charge in [-0.1, -0.05) is 25.3 Å². The molecule has 0 bridgehead atoms. The first-order chi connectivity index (χ1) is 7.65. The van der Waals surface area contributed by atoms with Gasteiger partial charge in [-0.3, -0.25) is 0 Å². The predicted octanol–water partition coefficient (Wildman–Crippen LogP) is 3.12. The molecule has 1 aliphatic carbocycles. The molecule has 0 atom stereocenters. The van der Waals surface area contributed by atoms with E-state index in [9.17, 15) is 0 Å². The molecule has 1 aliphatic rings. The van der Waals surface area contributed by atoms with E-state index in [1.807, 2.05) is 6.07 Å². The molecule has 1 aromatic carbocycles. The van der Waals surface area contributed by atoms with Gasteiger partial charge in [0.25, 0.3) is 0 Å². The number of rotatable bonds is 2. The Morgan fingerprint density at radius 3 is 2.44 bits per heavy atom. The molecule has 1 saturated carbocycles. The van der Waals surface area contributed by atoms with E-state index in [2.05, 4.69) is 19.1 Å². The zero-order chi connectivity index (χ0) is 11.6. The molecule has 1 aromatic rings. The molecule has 88 valence electrons. The van der Waals surface area contributed by atoms with Crippen molar-refractivity contribution in [1.29, 1.82) is 0 Å². The molecular weight excluding hydrogens is 198 g/mol. The zero-order valence-electron chi connectivity index (χ0n) is 10.3. The van der Waals surface area contributed by atoms with E-state index in [0.29, 0.717) is 0 Å². The summed E-state index contributed by atoms with van der Waals surface area (Å²) in [5, 5.41) is 0. The van der Waals surface area contributed by atoms with Gasteiger partial charge in [0.05, 0.1) is 7.11 Å². The van der Waals surface area contributed by atoms with E-state index in [0.717, 1.165) is 18.6 Å². The average Bonchev–Trinajstić information content (AvgIpc) is 2.29. The topological polar surface area (TPSA) is 35.2 Å². The molecule has 0 aromatic heterocycles. The van der Waals surface area contributed by atoms with Gasteiger partial charge in [-0.05, 0) is 43.0 Å². The third-order valence-electron chi connectivity index (χ3n) is 3.72. The predicted molar refractivity (Wildman–Crippen MR) is 66.7 cm³/mol. The number of ether oxygens (including phenoxy) is 1. The molecular formula is C14H21NO. The Balaban J connectivity index is 2.32. The first-order valence-electron chi connectivity index (χ1n) is 6.10. The summed E-state index contributed by atoms with van der Waals surface area (Å²) in [4.78, 5) is 0. The van der Waals surface area contributed by atoms with Crippen molar-refractivity contribution in [2.45, 2.75) is 44.6 Å². The van der Waals surface area contributed by atoms with Crippen LogP contribution in [0.15, 0.2) is 18.2 Å². The van der Waals surface area contributed by atoms with Crippen molar-refractivity contribution in [3.63, 3.8) is 0 Å². The van der Waals surface area contributed by atoms with E-state index in [4.69, 9.17) is 10.5 Å². The van der Waals surface area contributed by atoms with Crippen molar-refractivity contribution >= 4 is 0 Å². The van der Waals surface area contributed by atoms with Crippen LogP contribution in [0.5, 0.6) is 5.75 Å². The molecule has 0 unspecified atom stereocenters. The van der Waals surface area contributed by atoms with Gasteiger partial charge in [-0.2, -0.15) is 0 Å². The third kappa shape index (κ3) is 2.07. The van der Waals surface area contributed by atoms with Gasteiger partial charge in [0.1, 0.15) is 5.75 Å². The van der Waals surface area contributed by atoms with Gasteiger partial charge in [0.2, 0.25) is 0 Å². The molecule has 0 amide bonds. The van der Waals surface area contributed by atoms with Crippen LogP contribution in [0.3, 0.4) is 0 Å². The maximum Gasteiger partial charge on any atom is 0.119 e. The highest BCUT2D eigenvalue weighted by molar-refractivity contribution is 5.39. The minimum Gasteiger partial charge on any atom is -0.497 e. The Kier molecular flexibility index (Phi) is 3.20. The second kappa shape index (κ2) is 4.46. The van der Waals surface area contributed by atoms with Crippen LogP contribution in [0, 0.1) is 6.92 Å². The maximum absolute atomic E-state index is 6.53. The van der Waals surface area contributed by atoms with Crippen molar-refractivity contribution in [2.24, 2.45) is 5.73 Å². The second-order valence-electron chi connectivity index (χ2n) is 4.90. The molecule has 0 spiro atoms. The zero-order valence-corrected chi connectivity index (χ0v) is 10.3. The van der Waals surface area contributed by atoms with E-state index in [-0.39, 0.29) is 5.54 Å². The first-order valence-corrected chi connectivity index (χ1v) is 6.10. The summed E-state index contributed by atoms with van der Waals surface area (Å²) >= 11 is 0. The van der Waals surface area contributed by atoms with Gasteiger partial charge in [-0.15, -0.1) is 0 Å². The normalized spacial score (nSPS) is 19.4. The second-order valence-corrected chi connectivity index (χ2v) is 4.90. The summed E-state index contributed by atoms with van der Waals surface area (Å²) in [6.45, 7) is 2.13. The van der Waals surface area contributed by atoms with Crippen LogP contribution >= 0.6 is 0 Å². The summed E-state index contributed by atoms with van der Waals surface area (Å²) in [7, 11) is 1.70. The minimum absolute atomic E-state index is 0.103. The summed E-state index contributed by atoms with van der Waals surface area (Å²) in [5.41, 5.74) is 8.98. The Hall–Kier alpha value is -1.02. The van der Waals surface area contributed by atoms with Crippen LogP contribution in [0.4, 0.5) is 0 Å². The summed E-state index contributed by atoms with van der Waals surface area (Å²) in [6, 6.07) is 6.24. The minimum atomic E-state index is -0.103. The van der Waals surface area contributed by atoms with Crippen LogP contribution < -0.4 is 10.5 Å². The fourth-order valence-corrected chi connectivity index (χ4v) is 2.77. The lowest BCUT2D eigenvalue weighted by atomic mass is 9.76. The molecule has 2 N–H and O–H groups in total. The molecule has 0 heterocycles. The number of benzene rings is 1. The van der Waals surface area contributed by atoms with E-state index >= 15 is 0 Å². The van der Waals surface area contributed by atoms with Crippen LogP contribution in [-0.2, 0) is 5.54 Å². The molecule has 2 rings (SSSR count). The monoisotopic (exact) mass is 219 g/mol. The molecule has 1 fully saturated rings. The summed E-state index contributed by atoms with van der Waals surface area (Å²) < 4.78 is 5.23. The molecule has 0 aliphatic heterocycles. The fourth-order valence-electron chi connectivity index (χ4n) is 2.77. The van der Waals surface area contributed by atoms with Gasteiger partial charge < -0.3 is 10.5 Å². The number of methoxy groups -OCH3 is 1. The van der Waals surface area contributed by atoms with Crippen molar-refractivity contribution in [2.75, 3.05) is 7.11 Å². The van der Waals surface area contributed by atoms with Crippen LogP contribution in [0.1, 0.15) is 43.2 Å². The molecule has 2 nitrogen and oxygen atoms in total. The number of hydrogen-bond donors (Lipinski definition) is 1. The Labute approximate surface area is 97.8 Å². The summed E-state index contributed by atoms with van der Waals surface area (Å²) in [5.74, 6) is 0.917. The van der Waals surface area contributed by atoms with Crippen molar-refractivity contribution in [1.82, 2.24) is 0 Å². The fraction of sp³-hybridized carbons (Fsp3) is 0.571. The standard InChI is InChI=1S/C14H21NO/c1-11-10-12(16-2)6-7-13(11)14(15)8-4-3-5-9-14/h6-7,10H,3-5,8-9,15H2,1-2H3. The lowest BCUT2D eigenvalue weighted by Gasteiger charge is -2.35. The van der Waals surface area contributed by atoms with E-state index in [1.165, 1.54) is 30.4 Å². The van der Waals surface area contributed by atoms with Crippen molar-refractivity contribution in [3.05, 3.63) is 29.3 Å². The Morgan fingerprint density at radius 2 is 1.88 bits per heavy atom.